The third-order valence-corrected chi connectivity index (χ3v) is 1.11. The standard InChI is InChI=1S/C7H11NO2/c1-6(10-3)7(5-9)4-8-2/h4-5H,1-3H3. The first-order valence-corrected chi connectivity index (χ1v) is 2.88. The molecule has 0 atom stereocenters. The van der Waals surface area contributed by atoms with Gasteiger partial charge in [0, 0.05) is 13.3 Å². The minimum absolute atomic E-state index is 0.477. The Kier molecular flexibility index (Phi) is 4.20. The first kappa shape index (κ1) is 8.88. The zero-order valence-electron chi connectivity index (χ0n) is 6.42. The summed E-state index contributed by atoms with van der Waals surface area (Å²) in [6, 6.07) is 0. The molecule has 0 fully saturated rings. The molecule has 0 radical (unpaired) electrons. The zero-order valence-corrected chi connectivity index (χ0v) is 6.42. The number of hydrogen-bond donors (Lipinski definition) is 0. The fourth-order valence-corrected chi connectivity index (χ4v) is 0.461. The molecule has 0 saturated carbocycles. The number of aliphatic imine (C=N–C) groups is 1. The molecule has 0 aliphatic heterocycles. The Labute approximate surface area is 60.4 Å². The summed E-state index contributed by atoms with van der Waals surface area (Å²) < 4.78 is 4.81. The van der Waals surface area contributed by atoms with E-state index in [-0.39, 0.29) is 0 Å². The molecular weight excluding hydrogens is 130 g/mol. The van der Waals surface area contributed by atoms with Crippen LogP contribution in [0.3, 0.4) is 0 Å². The number of methoxy groups -OCH3 is 1. The zero-order chi connectivity index (χ0) is 7.98. The number of carbonyl (C=O) groups is 1. The van der Waals surface area contributed by atoms with Crippen LogP contribution in [0.4, 0.5) is 0 Å². The number of rotatable bonds is 3. The van der Waals surface area contributed by atoms with Crippen molar-refractivity contribution in [3.05, 3.63) is 11.3 Å². The smallest absolute Gasteiger partial charge is 0.154 e. The van der Waals surface area contributed by atoms with Gasteiger partial charge in [-0.25, -0.2) is 0 Å². The van der Waals surface area contributed by atoms with Crippen molar-refractivity contribution in [2.75, 3.05) is 14.2 Å². The van der Waals surface area contributed by atoms with E-state index < -0.39 is 0 Å². The highest BCUT2D eigenvalue weighted by Crippen LogP contribution is 1.98. The monoisotopic (exact) mass is 141 g/mol. The highest BCUT2D eigenvalue weighted by atomic mass is 16.5. The van der Waals surface area contributed by atoms with Crippen LogP contribution >= 0.6 is 0 Å². The average Bonchev–Trinajstić information content (AvgIpc) is 1.99. The summed E-state index contributed by atoms with van der Waals surface area (Å²) in [6.45, 7) is 1.71. The molecule has 0 rings (SSSR count). The molecule has 0 saturated heterocycles. The van der Waals surface area contributed by atoms with Gasteiger partial charge in [-0.1, -0.05) is 0 Å². The Bertz CT molecular complexity index is 170. The van der Waals surface area contributed by atoms with Gasteiger partial charge in [0.1, 0.15) is 5.76 Å². The van der Waals surface area contributed by atoms with Crippen molar-refractivity contribution < 1.29 is 9.53 Å². The lowest BCUT2D eigenvalue weighted by molar-refractivity contribution is -0.104. The lowest BCUT2D eigenvalue weighted by atomic mass is 10.3. The Hall–Kier alpha value is -1.12. The molecule has 0 aromatic heterocycles. The Morgan fingerprint density at radius 1 is 1.60 bits per heavy atom. The predicted molar refractivity (Wildman–Crippen MR) is 40.2 cm³/mol. The summed E-state index contributed by atoms with van der Waals surface area (Å²) in [5.74, 6) is 0.584. The van der Waals surface area contributed by atoms with Gasteiger partial charge in [0.15, 0.2) is 6.29 Å². The van der Waals surface area contributed by atoms with Crippen LogP contribution in [0, 0.1) is 0 Å². The van der Waals surface area contributed by atoms with Crippen molar-refractivity contribution in [1.82, 2.24) is 0 Å². The third-order valence-electron chi connectivity index (χ3n) is 1.11. The molecule has 0 bridgehead atoms. The molecule has 0 unspecified atom stereocenters. The summed E-state index contributed by atoms with van der Waals surface area (Å²) in [7, 11) is 3.12. The average molecular weight is 141 g/mol. The van der Waals surface area contributed by atoms with Crippen molar-refractivity contribution >= 4 is 12.5 Å². The highest BCUT2D eigenvalue weighted by molar-refractivity contribution is 6.02. The quantitative estimate of drug-likeness (QED) is 0.252. The summed E-state index contributed by atoms with van der Waals surface area (Å²) in [6.07, 6.45) is 2.18. The molecule has 0 aromatic carbocycles. The Morgan fingerprint density at radius 3 is 2.50 bits per heavy atom. The third kappa shape index (κ3) is 2.44. The second-order valence-electron chi connectivity index (χ2n) is 1.72. The van der Waals surface area contributed by atoms with E-state index in [2.05, 4.69) is 4.99 Å². The van der Waals surface area contributed by atoms with Crippen molar-refractivity contribution in [3.63, 3.8) is 0 Å². The maximum atomic E-state index is 10.3. The molecule has 0 spiro atoms. The molecule has 0 heterocycles. The van der Waals surface area contributed by atoms with Gasteiger partial charge in [0.25, 0.3) is 0 Å². The van der Waals surface area contributed by atoms with E-state index in [0.717, 1.165) is 0 Å². The molecule has 56 valence electrons. The number of aldehydes is 1. The molecule has 0 aliphatic carbocycles. The molecule has 0 aliphatic rings. The minimum Gasteiger partial charge on any atom is -0.501 e. The lowest BCUT2D eigenvalue weighted by Crippen LogP contribution is -1.93. The van der Waals surface area contributed by atoms with Crippen molar-refractivity contribution in [2.24, 2.45) is 4.99 Å². The van der Waals surface area contributed by atoms with Gasteiger partial charge >= 0.3 is 0 Å². The molecule has 0 aromatic rings. The fraction of sp³-hybridized carbons (Fsp3) is 0.429. The maximum absolute atomic E-state index is 10.3. The second kappa shape index (κ2) is 4.73. The maximum Gasteiger partial charge on any atom is 0.154 e. The van der Waals surface area contributed by atoms with Gasteiger partial charge in [-0.2, -0.15) is 0 Å². The molecule has 0 N–H and O–H groups in total. The first-order chi connectivity index (χ1) is 4.76. The molecule has 3 nitrogen and oxygen atoms in total. The summed E-state index contributed by atoms with van der Waals surface area (Å²) >= 11 is 0. The van der Waals surface area contributed by atoms with Crippen LogP contribution < -0.4 is 0 Å². The van der Waals surface area contributed by atoms with E-state index in [1.54, 1.807) is 14.0 Å². The second-order valence-corrected chi connectivity index (χ2v) is 1.72. The van der Waals surface area contributed by atoms with Crippen LogP contribution in [-0.4, -0.2) is 26.7 Å². The van der Waals surface area contributed by atoms with E-state index in [9.17, 15) is 4.79 Å². The Morgan fingerprint density at radius 2 is 2.20 bits per heavy atom. The molecule has 3 heteroatoms. The largest absolute Gasteiger partial charge is 0.501 e. The van der Waals surface area contributed by atoms with Gasteiger partial charge in [-0.05, 0) is 6.92 Å². The minimum atomic E-state index is 0.477. The molecule has 10 heavy (non-hydrogen) atoms. The molecule has 0 amide bonds. The fourth-order valence-electron chi connectivity index (χ4n) is 0.461. The van der Waals surface area contributed by atoms with Crippen LogP contribution in [0.5, 0.6) is 0 Å². The van der Waals surface area contributed by atoms with Crippen molar-refractivity contribution in [2.45, 2.75) is 6.92 Å². The van der Waals surface area contributed by atoms with E-state index in [1.165, 1.54) is 13.3 Å². The van der Waals surface area contributed by atoms with Gasteiger partial charge in [0.05, 0.1) is 12.7 Å². The van der Waals surface area contributed by atoms with Crippen LogP contribution in [0.2, 0.25) is 0 Å². The van der Waals surface area contributed by atoms with E-state index in [4.69, 9.17) is 4.74 Å². The summed E-state index contributed by atoms with van der Waals surface area (Å²) in [4.78, 5) is 13.9. The summed E-state index contributed by atoms with van der Waals surface area (Å²) in [5.41, 5.74) is 0.477. The van der Waals surface area contributed by atoms with Gasteiger partial charge in [-0.15, -0.1) is 0 Å². The van der Waals surface area contributed by atoms with Crippen LogP contribution in [0.1, 0.15) is 6.92 Å². The van der Waals surface area contributed by atoms with E-state index >= 15 is 0 Å². The SMILES string of the molecule is CN=CC(C=O)=C(C)OC. The van der Waals surface area contributed by atoms with Gasteiger partial charge in [0.2, 0.25) is 0 Å². The first-order valence-electron chi connectivity index (χ1n) is 2.88. The summed E-state index contributed by atoms with van der Waals surface area (Å²) in [5, 5.41) is 0. The Balaban J connectivity index is 4.44. The number of ether oxygens (including phenoxy) is 1. The van der Waals surface area contributed by atoms with E-state index in [0.29, 0.717) is 17.6 Å². The normalized spacial score (nSPS) is 13.1. The van der Waals surface area contributed by atoms with Crippen LogP contribution in [-0.2, 0) is 9.53 Å². The number of hydrogen-bond acceptors (Lipinski definition) is 3. The molecular formula is C7H11NO2. The lowest BCUT2D eigenvalue weighted by Gasteiger charge is -1.98. The highest BCUT2D eigenvalue weighted by Gasteiger charge is 1.95. The van der Waals surface area contributed by atoms with E-state index in [1.807, 2.05) is 0 Å². The van der Waals surface area contributed by atoms with Crippen molar-refractivity contribution in [1.29, 1.82) is 0 Å². The number of allylic oxidation sites excluding steroid dienone is 2. The predicted octanol–water partition coefficient (Wildman–Crippen LogP) is 0.806. The van der Waals surface area contributed by atoms with Gasteiger partial charge in [-0.3, -0.25) is 9.79 Å². The van der Waals surface area contributed by atoms with Crippen LogP contribution in [0.25, 0.3) is 0 Å². The number of carbonyl (C=O) groups excluding carboxylic acids is 1. The number of nitrogens with zero attached hydrogens (tertiary/aromatic N) is 1. The van der Waals surface area contributed by atoms with Crippen molar-refractivity contribution in [3.8, 4) is 0 Å². The van der Waals surface area contributed by atoms with Gasteiger partial charge < -0.3 is 4.74 Å². The van der Waals surface area contributed by atoms with Crippen LogP contribution in [0.15, 0.2) is 16.3 Å². The topological polar surface area (TPSA) is 38.7 Å².